The molecule has 0 amide bonds. The molecule has 0 N–H and O–H groups in total. The molecule has 0 aliphatic heterocycles. The molecule has 88 valence electrons. The first-order chi connectivity index (χ1) is 7.41. The molecule has 2 nitrogen and oxygen atoms in total. The monoisotopic (exact) mass is 360 g/mol. The van der Waals surface area contributed by atoms with Crippen LogP contribution in [-0.2, 0) is 4.79 Å². The molecule has 0 saturated carbocycles. The summed E-state index contributed by atoms with van der Waals surface area (Å²) in [7, 11) is 0. The zero-order valence-electron chi connectivity index (χ0n) is 8.22. The van der Waals surface area contributed by atoms with Crippen LogP contribution >= 0.6 is 34.2 Å². The van der Waals surface area contributed by atoms with Crippen LogP contribution in [0.5, 0.6) is 5.75 Å². The largest absolute Gasteiger partial charge is 0.435 e. The quantitative estimate of drug-likeness (QED) is 0.604. The zero-order chi connectivity index (χ0) is 12.3. The topological polar surface area (TPSA) is 26.3 Å². The Hall–Kier alpha value is -0.430. The Morgan fingerprint density at radius 3 is 2.56 bits per heavy atom. The predicted octanol–water partition coefficient (Wildman–Crippen LogP) is 3.76. The van der Waals surface area contributed by atoms with Gasteiger partial charge in [-0.2, -0.15) is 8.78 Å². The van der Waals surface area contributed by atoms with E-state index in [1.807, 2.05) is 22.6 Å². The van der Waals surface area contributed by atoms with Gasteiger partial charge in [0.1, 0.15) is 11.1 Å². The molecule has 0 aromatic heterocycles. The van der Waals surface area contributed by atoms with Crippen LogP contribution < -0.4 is 4.74 Å². The number of Topliss-reactive ketones (excluding diaryl/α,β-unsaturated/α-hetero) is 1. The van der Waals surface area contributed by atoms with E-state index in [2.05, 4.69) is 4.74 Å². The van der Waals surface area contributed by atoms with Crippen molar-refractivity contribution in [2.24, 2.45) is 0 Å². The van der Waals surface area contributed by atoms with Gasteiger partial charge in [-0.15, -0.1) is 11.6 Å². The van der Waals surface area contributed by atoms with Crippen molar-refractivity contribution in [1.29, 1.82) is 0 Å². The molecule has 1 unspecified atom stereocenters. The Kier molecular flexibility index (Phi) is 4.91. The molecule has 0 aliphatic carbocycles. The fourth-order valence-corrected chi connectivity index (χ4v) is 2.28. The zero-order valence-corrected chi connectivity index (χ0v) is 11.1. The van der Waals surface area contributed by atoms with E-state index in [-0.39, 0.29) is 11.5 Å². The maximum Gasteiger partial charge on any atom is 0.387 e. The number of carbonyl (C=O) groups excluding carboxylic acids is 1. The molecule has 6 heteroatoms. The number of ether oxygens (including phenoxy) is 1. The molecule has 0 fully saturated rings. The van der Waals surface area contributed by atoms with Gasteiger partial charge in [0.05, 0.1) is 0 Å². The Morgan fingerprint density at radius 2 is 2.12 bits per heavy atom. The van der Waals surface area contributed by atoms with Crippen LogP contribution in [0, 0.1) is 3.57 Å². The number of ketones is 1. The average molecular weight is 361 g/mol. The van der Waals surface area contributed by atoms with Gasteiger partial charge < -0.3 is 4.74 Å². The van der Waals surface area contributed by atoms with E-state index in [1.54, 1.807) is 0 Å². The first-order valence-electron chi connectivity index (χ1n) is 4.30. The number of hydrogen-bond donors (Lipinski definition) is 0. The Bertz CT molecular complexity index is 398. The lowest BCUT2D eigenvalue weighted by Crippen LogP contribution is -2.05. The Labute approximate surface area is 110 Å². The van der Waals surface area contributed by atoms with Crippen LogP contribution in [0.3, 0.4) is 0 Å². The molecule has 0 radical (unpaired) electrons. The Balaban J connectivity index is 2.95. The molecule has 1 aromatic rings. The average Bonchev–Trinajstić information content (AvgIpc) is 2.15. The SMILES string of the molecule is CC(=O)C(Cl)c1ccc(OC(F)F)cc1I. The van der Waals surface area contributed by atoms with E-state index in [9.17, 15) is 13.6 Å². The summed E-state index contributed by atoms with van der Waals surface area (Å²) in [6, 6.07) is 4.29. The van der Waals surface area contributed by atoms with Crippen molar-refractivity contribution in [3.8, 4) is 5.75 Å². The van der Waals surface area contributed by atoms with Gasteiger partial charge in [-0.3, -0.25) is 4.79 Å². The first-order valence-corrected chi connectivity index (χ1v) is 5.82. The fraction of sp³-hybridized carbons (Fsp3) is 0.300. The van der Waals surface area contributed by atoms with Crippen molar-refractivity contribution >= 4 is 40.0 Å². The van der Waals surface area contributed by atoms with Crippen molar-refractivity contribution in [3.05, 3.63) is 27.3 Å². The van der Waals surface area contributed by atoms with Crippen LogP contribution in [0.15, 0.2) is 18.2 Å². The molecular formula is C10H8ClF2IO2. The number of benzene rings is 1. The minimum Gasteiger partial charge on any atom is -0.435 e. The smallest absolute Gasteiger partial charge is 0.387 e. The number of hydrogen-bond acceptors (Lipinski definition) is 2. The summed E-state index contributed by atoms with van der Waals surface area (Å²) in [5.74, 6) is -0.141. The van der Waals surface area contributed by atoms with E-state index in [1.165, 1.54) is 25.1 Å². The maximum absolute atomic E-state index is 11.9. The third-order valence-electron chi connectivity index (χ3n) is 1.83. The maximum atomic E-state index is 11.9. The molecule has 16 heavy (non-hydrogen) atoms. The minimum atomic E-state index is -2.86. The second-order valence-electron chi connectivity index (χ2n) is 3.04. The van der Waals surface area contributed by atoms with E-state index in [4.69, 9.17) is 11.6 Å². The third-order valence-corrected chi connectivity index (χ3v) is 3.30. The molecular weight excluding hydrogens is 352 g/mol. The summed E-state index contributed by atoms with van der Waals surface area (Å²) in [4.78, 5) is 11.1. The number of carbonyl (C=O) groups is 1. The summed E-state index contributed by atoms with van der Waals surface area (Å²) in [6.07, 6.45) is 0. The number of alkyl halides is 3. The van der Waals surface area contributed by atoms with Crippen molar-refractivity contribution in [2.45, 2.75) is 18.9 Å². The summed E-state index contributed by atoms with van der Waals surface area (Å²) in [5.41, 5.74) is 0.594. The van der Waals surface area contributed by atoms with Crippen LogP contribution in [0.2, 0.25) is 0 Å². The van der Waals surface area contributed by atoms with Gasteiger partial charge in [0.15, 0.2) is 5.78 Å². The van der Waals surface area contributed by atoms with Crippen molar-refractivity contribution in [3.63, 3.8) is 0 Å². The summed E-state index contributed by atoms with van der Waals surface area (Å²) < 4.78 is 28.7. The van der Waals surface area contributed by atoms with Crippen LogP contribution in [0.1, 0.15) is 17.9 Å². The molecule has 0 aliphatic rings. The van der Waals surface area contributed by atoms with Gasteiger partial charge in [-0.25, -0.2) is 0 Å². The summed E-state index contributed by atoms with van der Waals surface area (Å²) in [6.45, 7) is -1.49. The minimum absolute atomic E-state index is 0.0515. The fourth-order valence-electron chi connectivity index (χ4n) is 1.11. The van der Waals surface area contributed by atoms with Gasteiger partial charge in [0.2, 0.25) is 0 Å². The van der Waals surface area contributed by atoms with Crippen LogP contribution in [-0.4, -0.2) is 12.4 Å². The van der Waals surface area contributed by atoms with Gasteiger partial charge >= 0.3 is 6.61 Å². The highest BCUT2D eigenvalue weighted by Gasteiger charge is 2.17. The summed E-state index contributed by atoms with van der Waals surface area (Å²) >= 11 is 7.78. The number of halogens is 4. The van der Waals surface area contributed by atoms with E-state index >= 15 is 0 Å². The first kappa shape index (κ1) is 13.6. The van der Waals surface area contributed by atoms with Crippen LogP contribution in [0.4, 0.5) is 8.78 Å². The lowest BCUT2D eigenvalue weighted by molar-refractivity contribution is -0.116. The van der Waals surface area contributed by atoms with E-state index in [0.717, 1.165) is 0 Å². The highest BCUT2D eigenvalue weighted by atomic mass is 127. The molecule has 0 heterocycles. The van der Waals surface area contributed by atoms with Gasteiger partial charge in [0, 0.05) is 3.57 Å². The number of rotatable bonds is 4. The van der Waals surface area contributed by atoms with Crippen molar-refractivity contribution in [1.82, 2.24) is 0 Å². The van der Waals surface area contributed by atoms with E-state index < -0.39 is 12.0 Å². The molecule has 1 atom stereocenters. The molecule has 0 bridgehead atoms. The predicted molar refractivity (Wildman–Crippen MR) is 65.1 cm³/mol. The standard InChI is InChI=1S/C10H8ClF2IO2/c1-5(15)9(11)7-3-2-6(4-8(7)14)16-10(12)13/h2-4,9-10H,1H3. The van der Waals surface area contributed by atoms with Gasteiger partial charge in [-0.1, -0.05) is 6.07 Å². The molecule has 0 spiro atoms. The normalized spacial score (nSPS) is 12.6. The third kappa shape index (κ3) is 3.55. The van der Waals surface area contributed by atoms with E-state index in [0.29, 0.717) is 9.13 Å². The van der Waals surface area contributed by atoms with Gasteiger partial charge in [-0.05, 0) is 47.2 Å². The van der Waals surface area contributed by atoms with Crippen molar-refractivity contribution < 1.29 is 18.3 Å². The molecule has 0 saturated heterocycles. The lowest BCUT2D eigenvalue weighted by atomic mass is 10.1. The van der Waals surface area contributed by atoms with Crippen LogP contribution in [0.25, 0.3) is 0 Å². The van der Waals surface area contributed by atoms with Crippen molar-refractivity contribution in [2.75, 3.05) is 0 Å². The summed E-state index contributed by atoms with van der Waals surface area (Å²) in [5, 5.41) is -0.757. The second kappa shape index (κ2) is 5.77. The van der Waals surface area contributed by atoms with Gasteiger partial charge in [0.25, 0.3) is 0 Å². The molecule has 1 aromatic carbocycles. The Morgan fingerprint density at radius 1 is 1.50 bits per heavy atom. The second-order valence-corrected chi connectivity index (χ2v) is 4.63. The highest BCUT2D eigenvalue weighted by Crippen LogP contribution is 2.29. The highest BCUT2D eigenvalue weighted by molar-refractivity contribution is 14.1. The lowest BCUT2D eigenvalue weighted by Gasteiger charge is -2.11. The molecule has 1 rings (SSSR count).